The maximum atomic E-state index is 12.1. The number of fused-ring (bicyclic) bond motifs is 1. The van der Waals surface area contributed by atoms with Gasteiger partial charge in [-0.2, -0.15) is 0 Å². The number of hydrogen-bond donors (Lipinski definition) is 3. The molecule has 1 aliphatic carbocycles. The van der Waals surface area contributed by atoms with E-state index in [0.29, 0.717) is 0 Å². The molecule has 0 bridgehead atoms. The van der Waals surface area contributed by atoms with Crippen LogP contribution in [-0.2, 0) is 20.2 Å². The number of ether oxygens (including phenoxy) is 1. The minimum absolute atomic E-state index is 0. The van der Waals surface area contributed by atoms with E-state index in [2.05, 4.69) is 10.2 Å². The fourth-order valence-electron chi connectivity index (χ4n) is 3.87. The van der Waals surface area contributed by atoms with Crippen molar-refractivity contribution in [2.45, 2.75) is 11.3 Å². The zero-order chi connectivity index (χ0) is 28.7. The van der Waals surface area contributed by atoms with Gasteiger partial charge in [0.15, 0.2) is 17.2 Å². The summed E-state index contributed by atoms with van der Waals surface area (Å²) in [4.78, 5) is -1.75. The van der Waals surface area contributed by atoms with Crippen LogP contribution in [0.4, 0.5) is 11.4 Å². The summed E-state index contributed by atoms with van der Waals surface area (Å²) in [7, 11) is -9.08. The number of allylic oxidation sites excluding steroid dienone is 2. The Bertz CT molecular complexity index is 1830. The first-order valence-corrected chi connectivity index (χ1v) is 13.9. The third kappa shape index (κ3) is 7.72. The Balaban J connectivity index is 0.00000294. The number of rotatable bonds is 6. The Morgan fingerprint density at radius 3 is 2.22 bits per heavy atom. The third-order valence-electron chi connectivity index (χ3n) is 5.64. The molecule has 12 nitrogen and oxygen atoms in total. The Labute approximate surface area is 284 Å². The Kier molecular flexibility index (Phi) is 11.7. The molecule has 0 radical (unpaired) electrons. The summed E-state index contributed by atoms with van der Waals surface area (Å²) in [6, 6.07) is 8.87. The van der Waals surface area contributed by atoms with Crippen molar-refractivity contribution < 1.29 is 105 Å². The van der Waals surface area contributed by atoms with E-state index in [9.17, 15) is 41.3 Å². The molecule has 3 N–H and O–H groups in total. The zero-order valence-electron chi connectivity index (χ0n) is 21.7. The molecule has 41 heavy (non-hydrogen) atoms. The number of phenolic OH excluding ortho intramolecular Hbond substituents is 3. The van der Waals surface area contributed by atoms with E-state index < -0.39 is 53.6 Å². The SMILES string of the molecule is COc1cccc(C=C2CC(S(=O)(=O)[O-])=Cc3cc(S(=O)(=O)[O-])c(N=Nc4ccc(Cl)cc4O)c(O)c32)c1O.[Na+].[Na+]. The number of nitrogens with zero attached hydrogens (tertiary/aromatic N) is 2. The predicted octanol–water partition coefficient (Wildman–Crippen LogP) is -1.38. The van der Waals surface area contributed by atoms with Gasteiger partial charge in [0.1, 0.15) is 37.4 Å². The monoisotopic (exact) mass is 638 g/mol. The van der Waals surface area contributed by atoms with Gasteiger partial charge in [0.2, 0.25) is 0 Å². The average molecular weight is 639 g/mol. The average Bonchev–Trinajstić information content (AvgIpc) is 2.84. The molecule has 204 valence electrons. The van der Waals surface area contributed by atoms with Gasteiger partial charge in [-0.1, -0.05) is 23.7 Å². The molecule has 4 rings (SSSR count). The number of aromatic hydroxyl groups is 3. The molecule has 0 aliphatic heterocycles. The van der Waals surface area contributed by atoms with E-state index in [4.69, 9.17) is 16.3 Å². The van der Waals surface area contributed by atoms with Crippen molar-refractivity contribution >= 4 is 60.9 Å². The minimum Gasteiger partial charge on any atom is -0.744 e. The summed E-state index contributed by atoms with van der Waals surface area (Å²) in [5, 5.41) is 39.3. The first kappa shape index (κ1) is 35.2. The molecule has 3 aromatic carbocycles. The van der Waals surface area contributed by atoms with Crippen LogP contribution < -0.4 is 63.9 Å². The molecule has 0 atom stereocenters. The largest absolute Gasteiger partial charge is 1.00 e. The number of halogens is 1. The van der Waals surface area contributed by atoms with Crippen LogP contribution >= 0.6 is 11.6 Å². The van der Waals surface area contributed by atoms with E-state index in [1.807, 2.05) is 0 Å². The fraction of sp³-hybridized carbons (Fsp3) is 0.0833. The smallest absolute Gasteiger partial charge is 0.744 e. The molecule has 0 fully saturated rings. The van der Waals surface area contributed by atoms with Crippen LogP contribution in [0, 0.1) is 0 Å². The second-order valence-corrected chi connectivity index (χ2v) is 11.3. The Hall–Kier alpha value is -1.95. The molecule has 1 aliphatic rings. The number of para-hydroxylation sites is 1. The molecule has 0 heterocycles. The van der Waals surface area contributed by atoms with Crippen LogP contribution in [0.25, 0.3) is 17.7 Å². The van der Waals surface area contributed by atoms with Gasteiger partial charge in [0.25, 0.3) is 0 Å². The molecule has 0 saturated heterocycles. The zero-order valence-corrected chi connectivity index (χ0v) is 28.1. The van der Waals surface area contributed by atoms with Crippen molar-refractivity contribution in [3.05, 3.63) is 69.1 Å². The van der Waals surface area contributed by atoms with Crippen molar-refractivity contribution in [2.75, 3.05) is 7.11 Å². The van der Waals surface area contributed by atoms with Crippen LogP contribution in [0.5, 0.6) is 23.0 Å². The van der Waals surface area contributed by atoms with Crippen molar-refractivity contribution in [1.29, 1.82) is 0 Å². The van der Waals surface area contributed by atoms with Crippen LogP contribution in [0.15, 0.2) is 62.5 Å². The van der Waals surface area contributed by atoms with Gasteiger partial charge in [-0.15, -0.1) is 10.2 Å². The van der Waals surface area contributed by atoms with Gasteiger partial charge in [0.05, 0.1) is 12.0 Å². The number of azo groups is 1. The summed E-state index contributed by atoms with van der Waals surface area (Å²) in [5.41, 5.74) is -1.38. The van der Waals surface area contributed by atoms with E-state index >= 15 is 0 Å². The van der Waals surface area contributed by atoms with E-state index in [1.165, 1.54) is 43.5 Å². The first-order chi connectivity index (χ1) is 18.2. The number of methoxy groups -OCH3 is 1. The summed E-state index contributed by atoms with van der Waals surface area (Å²) >= 11 is 5.78. The van der Waals surface area contributed by atoms with Crippen LogP contribution in [0.2, 0.25) is 5.02 Å². The van der Waals surface area contributed by atoms with Crippen molar-refractivity contribution in [3.63, 3.8) is 0 Å². The maximum absolute atomic E-state index is 12.1. The van der Waals surface area contributed by atoms with Crippen LogP contribution in [0.1, 0.15) is 23.1 Å². The number of hydrogen-bond acceptors (Lipinski definition) is 12. The van der Waals surface area contributed by atoms with Crippen LogP contribution in [-0.4, -0.2) is 48.4 Å². The van der Waals surface area contributed by atoms with E-state index in [1.54, 1.807) is 0 Å². The van der Waals surface area contributed by atoms with Crippen LogP contribution in [0.3, 0.4) is 0 Å². The van der Waals surface area contributed by atoms with Crippen molar-refractivity contribution in [1.82, 2.24) is 0 Å². The van der Waals surface area contributed by atoms with Gasteiger partial charge in [-0.3, -0.25) is 0 Å². The summed E-state index contributed by atoms with van der Waals surface area (Å²) in [5.74, 6) is -1.59. The standard InChI is InChI=1S/C24H19ClN2O10S2.2Na/c1-37-19-4-2-3-12(23(19)29)7-13-8-16(38(31,32)33)9-14-10-20(39(34,35)36)22(24(30)21(13)14)27-26-17-6-5-15(25)11-18(17)28;;/h2-7,9-11,28-30H,8H2,1H3,(H,31,32,33)(H,34,35,36);;/q;2*+1/p-2. The maximum Gasteiger partial charge on any atom is 1.00 e. The van der Waals surface area contributed by atoms with Gasteiger partial charge in [-0.25, -0.2) is 16.8 Å². The molecule has 0 spiro atoms. The normalized spacial score (nSPS) is 14.1. The second kappa shape index (κ2) is 13.6. The molecular formula is C24H17ClN2Na2O10S2. The number of phenols is 3. The fourth-order valence-corrected chi connectivity index (χ4v) is 5.29. The number of benzene rings is 3. The third-order valence-corrected chi connectivity index (χ3v) is 7.63. The second-order valence-electron chi connectivity index (χ2n) is 8.13. The molecular weight excluding hydrogens is 622 g/mol. The first-order valence-electron chi connectivity index (χ1n) is 10.7. The molecule has 0 saturated carbocycles. The summed E-state index contributed by atoms with van der Waals surface area (Å²) < 4.78 is 77.0. The molecule has 0 amide bonds. The molecule has 0 aromatic heterocycles. The minimum atomic E-state index is -5.34. The van der Waals surface area contributed by atoms with Gasteiger partial charge in [0, 0.05) is 33.5 Å². The quantitative estimate of drug-likeness (QED) is 0.164. The van der Waals surface area contributed by atoms with Gasteiger partial charge in [-0.05, 0) is 47.6 Å². The van der Waals surface area contributed by atoms with Gasteiger partial charge < -0.3 is 29.2 Å². The molecule has 17 heteroatoms. The van der Waals surface area contributed by atoms with Crippen molar-refractivity contribution in [2.24, 2.45) is 10.2 Å². The van der Waals surface area contributed by atoms with Gasteiger partial charge >= 0.3 is 59.1 Å². The Morgan fingerprint density at radius 1 is 0.951 bits per heavy atom. The topological polar surface area (TPSA) is 209 Å². The molecule has 3 aromatic rings. The molecule has 0 unspecified atom stereocenters. The Morgan fingerprint density at radius 2 is 1.63 bits per heavy atom. The predicted molar refractivity (Wildman–Crippen MR) is 138 cm³/mol. The summed E-state index contributed by atoms with van der Waals surface area (Å²) in [6.45, 7) is 0. The van der Waals surface area contributed by atoms with E-state index in [-0.39, 0.29) is 104 Å². The van der Waals surface area contributed by atoms with Crippen molar-refractivity contribution in [3.8, 4) is 23.0 Å². The van der Waals surface area contributed by atoms with E-state index in [0.717, 1.165) is 18.2 Å². The summed E-state index contributed by atoms with van der Waals surface area (Å²) in [6.07, 6.45) is 1.54.